The molecule has 1 aliphatic heterocycles. The molecule has 0 unspecified atom stereocenters. The van der Waals surface area contributed by atoms with Gasteiger partial charge in [0.05, 0.1) is 11.3 Å². The normalized spacial score (nSPS) is 19.5. The number of fused-ring (bicyclic) bond motifs is 1. The maximum absolute atomic E-state index is 13.3. The van der Waals surface area contributed by atoms with Crippen LogP contribution in [0.3, 0.4) is 0 Å². The molecule has 24 heavy (non-hydrogen) atoms. The summed E-state index contributed by atoms with van der Waals surface area (Å²) in [6, 6.07) is 6.83. The minimum Gasteiger partial charge on any atom is -0.368 e. The van der Waals surface area contributed by atoms with E-state index >= 15 is 0 Å². The summed E-state index contributed by atoms with van der Waals surface area (Å²) >= 11 is 6.22. The molecule has 1 aliphatic rings. The molecule has 0 bridgehead atoms. The minimum absolute atomic E-state index is 0.0546. The van der Waals surface area contributed by atoms with E-state index in [0.717, 1.165) is 0 Å². The number of aromatic nitrogens is 1. The van der Waals surface area contributed by atoms with Gasteiger partial charge in [-0.25, -0.2) is 9.37 Å². The number of primary amides is 1. The number of nitrogens with zero attached hydrogens (tertiary/aromatic N) is 2. The Hall–Kier alpha value is -2.51. The molecule has 8 heteroatoms. The maximum Gasteiger partial charge on any atom is 0.269 e. The Morgan fingerprint density at radius 3 is 2.62 bits per heavy atom. The molecular weight excluding hydrogens is 337 g/mol. The zero-order chi connectivity index (χ0) is 17.5. The van der Waals surface area contributed by atoms with E-state index in [1.165, 1.54) is 42.5 Å². The van der Waals surface area contributed by atoms with Crippen LogP contribution in [0.25, 0.3) is 0 Å². The van der Waals surface area contributed by atoms with Gasteiger partial charge < -0.3 is 10.5 Å². The van der Waals surface area contributed by atoms with Crippen molar-refractivity contribution in [3.8, 4) is 0 Å². The second kappa shape index (κ2) is 5.85. The first-order valence-electron chi connectivity index (χ1n) is 6.98. The van der Waals surface area contributed by atoms with Crippen LogP contribution in [-0.4, -0.2) is 30.5 Å². The van der Waals surface area contributed by atoms with Crippen molar-refractivity contribution < 1.29 is 18.7 Å². The molecule has 2 amide bonds. The van der Waals surface area contributed by atoms with Crippen molar-refractivity contribution in [2.45, 2.75) is 5.60 Å². The summed E-state index contributed by atoms with van der Waals surface area (Å²) in [5.74, 6) is -1.68. The highest BCUT2D eigenvalue weighted by atomic mass is 35.5. The fraction of sp³-hybridized carbons (Fsp3) is 0.188. The number of carbonyl (C=O) groups is 2. The molecule has 0 saturated heterocycles. The number of pyridine rings is 1. The van der Waals surface area contributed by atoms with E-state index in [2.05, 4.69) is 4.98 Å². The van der Waals surface area contributed by atoms with Crippen LogP contribution in [0, 0.1) is 5.82 Å². The third-order valence-electron chi connectivity index (χ3n) is 3.94. The molecule has 0 saturated carbocycles. The average Bonchev–Trinajstić information content (AvgIpc) is 2.79. The number of methoxy groups -OCH3 is 1. The first kappa shape index (κ1) is 16.4. The number of hydrogen-bond donors (Lipinski definition) is 1. The molecule has 0 fully saturated rings. The van der Waals surface area contributed by atoms with Gasteiger partial charge in [0.25, 0.3) is 5.91 Å². The van der Waals surface area contributed by atoms with E-state index in [0.29, 0.717) is 16.8 Å². The Kier molecular flexibility index (Phi) is 3.98. The lowest BCUT2D eigenvalue weighted by Gasteiger charge is -2.27. The number of hydrogen-bond acceptors (Lipinski definition) is 4. The van der Waals surface area contributed by atoms with E-state index < -0.39 is 23.2 Å². The molecule has 0 spiro atoms. The van der Waals surface area contributed by atoms with Gasteiger partial charge in [-0.2, -0.15) is 0 Å². The molecule has 6 nitrogen and oxygen atoms in total. The highest BCUT2D eigenvalue weighted by molar-refractivity contribution is 6.32. The summed E-state index contributed by atoms with van der Waals surface area (Å²) in [5.41, 5.74) is 4.68. The number of amides is 2. The third kappa shape index (κ3) is 2.24. The van der Waals surface area contributed by atoms with Crippen LogP contribution < -0.4 is 10.6 Å². The van der Waals surface area contributed by atoms with Crippen LogP contribution in [0.4, 0.5) is 10.1 Å². The lowest BCUT2D eigenvalue weighted by atomic mass is 9.88. The first-order chi connectivity index (χ1) is 11.4. The van der Waals surface area contributed by atoms with Crippen molar-refractivity contribution in [3.05, 3.63) is 58.6 Å². The van der Waals surface area contributed by atoms with Gasteiger partial charge in [0.15, 0.2) is 0 Å². The SMILES string of the molecule is CO[C@]1(c2ccc(F)cc2)C(=O)N(CC(N)=O)c2ccnc(Cl)c21. The summed E-state index contributed by atoms with van der Waals surface area (Å²) < 4.78 is 18.9. The van der Waals surface area contributed by atoms with Crippen molar-refractivity contribution in [2.75, 3.05) is 18.6 Å². The van der Waals surface area contributed by atoms with Gasteiger partial charge in [0.1, 0.15) is 17.5 Å². The quantitative estimate of drug-likeness (QED) is 0.849. The molecule has 1 atom stereocenters. The Bertz CT molecular complexity index is 828. The number of anilines is 1. The number of ether oxygens (including phenoxy) is 1. The van der Waals surface area contributed by atoms with Gasteiger partial charge in [-0.1, -0.05) is 23.7 Å². The molecular formula is C16H13ClFN3O3. The second-order valence-corrected chi connectivity index (χ2v) is 5.60. The molecule has 3 rings (SSSR count). The molecule has 2 heterocycles. The topological polar surface area (TPSA) is 85.5 Å². The van der Waals surface area contributed by atoms with E-state index in [1.807, 2.05) is 0 Å². The Morgan fingerprint density at radius 2 is 2.04 bits per heavy atom. The van der Waals surface area contributed by atoms with E-state index in [-0.39, 0.29) is 11.7 Å². The number of halogens is 2. The highest BCUT2D eigenvalue weighted by Crippen LogP contribution is 2.48. The maximum atomic E-state index is 13.3. The zero-order valence-electron chi connectivity index (χ0n) is 12.6. The summed E-state index contributed by atoms with van der Waals surface area (Å²) in [6.07, 6.45) is 1.42. The Morgan fingerprint density at radius 1 is 1.38 bits per heavy atom. The van der Waals surface area contributed by atoms with E-state index in [9.17, 15) is 14.0 Å². The molecule has 2 aromatic rings. The predicted octanol–water partition coefficient (Wildman–Crippen LogP) is 1.60. The van der Waals surface area contributed by atoms with Crippen LogP contribution in [0.1, 0.15) is 11.1 Å². The fourth-order valence-electron chi connectivity index (χ4n) is 2.96. The van der Waals surface area contributed by atoms with E-state index in [4.69, 9.17) is 22.1 Å². The van der Waals surface area contributed by atoms with Crippen molar-refractivity contribution in [2.24, 2.45) is 5.73 Å². The van der Waals surface area contributed by atoms with Gasteiger partial charge in [0, 0.05) is 13.3 Å². The molecule has 1 aromatic heterocycles. The Balaban J connectivity index is 2.29. The van der Waals surface area contributed by atoms with Crippen LogP contribution in [-0.2, 0) is 19.9 Å². The largest absolute Gasteiger partial charge is 0.368 e. The van der Waals surface area contributed by atoms with Crippen molar-refractivity contribution in [3.63, 3.8) is 0 Å². The van der Waals surface area contributed by atoms with Crippen LogP contribution in [0.5, 0.6) is 0 Å². The summed E-state index contributed by atoms with van der Waals surface area (Å²) in [4.78, 5) is 29.7. The van der Waals surface area contributed by atoms with Gasteiger partial charge in [-0.3, -0.25) is 14.5 Å². The van der Waals surface area contributed by atoms with Gasteiger partial charge >= 0.3 is 0 Å². The number of benzene rings is 1. The van der Waals surface area contributed by atoms with Crippen molar-refractivity contribution in [1.82, 2.24) is 4.98 Å². The van der Waals surface area contributed by atoms with Crippen LogP contribution in [0.15, 0.2) is 36.5 Å². The molecule has 0 radical (unpaired) electrons. The summed E-state index contributed by atoms with van der Waals surface area (Å²) in [5, 5.41) is 0.0546. The predicted molar refractivity (Wildman–Crippen MR) is 85.0 cm³/mol. The Labute approximate surface area is 142 Å². The lowest BCUT2D eigenvalue weighted by molar-refractivity contribution is -0.136. The lowest BCUT2D eigenvalue weighted by Crippen LogP contribution is -2.45. The van der Waals surface area contributed by atoms with Crippen molar-refractivity contribution in [1.29, 1.82) is 0 Å². The van der Waals surface area contributed by atoms with Gasteiger partial charge in [-0.15, -0.1) is 0 Å². The average molecular weight is 350 g/mol. The van der Waals surface area contributed by atoms with Gasteiger partial charge in [0.2, 0.25) is 11.5 Å². The number of rotatable bonds is 4. The molecule has 1 aromatic carbocycles. The third-order valence-corrected chi connectivity index (χ3v) is 4.23. The standard InChI is InChI=1S/C16H13ClFN3O3/c1-24-16(9-2-4-10(18)5-3-9)13-11(6-7-20-14(13)17)21(15(16)23)8-12(19)22/h2-7H,8H2,1H3,(H2,19,22)/t16-/m0/s1. The molecule has 124 valence electrons. The van der Waals surface area contributed by atoms with Crippen LogP contribution >= 0.6 is 11.6 Å². The smallest absolute Gasteiger partial charge is 0.269 e. The first-order valence-corrected chi connectivity index (χ1v) is 7.36. The van der Waals surface area contributed by atoms with Crippen molar-refractivity contribution >= 4 is 29.1 Å². The minimum atomic E-state index is -1.62. The molecule has 0 aliphatic carbocycles. The summed E-state index contributed by atoms with van der Waals surface area (Å²) in [6.45, 7) is -0.335. The highest BCUT2D eigenvalue weighted by Gasteiger charge is 2.54. The molecule has 2 N–H and O–H groups in total. The second-order valence-electron chi connectivity index (χ2n) is 5.25. The number of carbonyl (C=O) groups excluding carboxylic acids is 2. The monoisotopic (exact) mass is 349 g/mol. The number of nitrogens with two attached hydrogens (primary N) is 1. The zero-order valence-corrected chi connectivity index (χ0v) is 13.4. The summed E-state index contributed by atoms with van der Waals surface area (Å²) in [7, 11) is 1.34. The van der Waals surface area contributed by atoms with Gasteiger partial charge in [-0.05, 0) is 23.8 Å². The van der Waals surface area contributed by atoms with E-state index in [1.54, 1.807) is 6.07 Å². The van der Waals surface area contributed by atoms with Crippen LogP contribution in [0.2, 0.25) is 5.15 Å². The fourth-order valence-corrected chi connectivity index (χ4v) is 3.24.